The molecule has 119 heavy (non-hydrogen) atoms. The Morgan fingerprint density at radius 3 is 1.08 bits per heavy atom. The van der Waals surface area contributed by atoms with Gasteiger partial charge in [-0.25, -0.2) is 0 Å². The van der Waals surface area contributed by atoms with E-state index in [1.807, 2.05) is 285 Å². The first-order valence-corrected chi connectivity index (χ1v) is 43.5. The van der Waals surface area contributed by atoms with Crippen LogP contribution in [0.5, 0.6) is 0 Å². The van der Waals surface area contributed by atoms with E-state index < -0.39 is 32.4 Å². The lowest BCUT2D eigenvalue weighted by Crippen LogP contribution is -2.49. The Balaban J connectivity index is 0.000000155. The van der Waals surface area contributed by atoms with E-state index in [0.717, 1.165) is 97.5 Å². The maximum Gasteiger partial charge on any atom is 0.239 e. The van der Waals surface area contributed by atoms with Crippen molar-refractivity contribution in [2.24, 2.45) is 7.05 Å². The van der Waals surface area contributed by atoms with Crippen LogP contribution in [-0.2, 0) is 64.9 Å². The molecule has 0 radical (unpaired) electrons. The summed E-state index contributed by atoms with van der Waals surface area (Å²) >= 11 is 41.7. The van der Waals surface area contributed by atoms with Crippen molar-refractivity contribution in [2.75, 3.05) is 67.7 Å². The van der Waals surface area contributed by atoms with Crippen LogP contribution in [0.1, 0.15) is 87.5 Å². The van der Waals surface area contributed by atoms with Crippen molar-refractivity contribution in [3.8, 4) is 0 Å². The molecule has 9 aromatic carbocycles. The zero-order chi connectivity index (χ0) is 84.5. The lowest BCUT2D eigenvalue weighted by Gasteiger charge is -2.36. The molecule has 6 atom stereocenters. The molecule has 5 N–H and O–H groups in total. The summed E-state index contributed by atoms with van der Waals surface area (Å²) in [6.45, 7) is 9.70. The quantitative estimate of drug-likeness (QED) is 0.0305. The van der Waals surface area contributed by atoms with Gasteiger partial charge in [0, 0.05) is 180 Å². The van der Waals surface area contributed by atoms with Crippen molar-refractivity contribution >= 4 is 173 Å². The third-order valence-corrected chi connectivity index (χ3v) is 27.4. The van der Waals surface area contributed by atoms with Crippen molar-refractivity contribution in [1.82, 2.24) is 50.1 Å². The van der Waals surface area contributed by atoms with Crippen LogP contribution < -0.4 is 16.0 Å². The number of likely N-dealkylation sites (tertiary alicyclic amines) is 3. The van der Waals surface area contributed by atoms with Crippen LogP contribution in [0.15, 0.2) is 233 Å². The van der Waals surface area contributed by atoms with Crippen molar-refractivity contribution in [2.45, 2.75) is 107 Å². The first-order chi connectivity index (χ1) is 57.2. The largest absolute Gasteiger partial charge is 0.383 e. The molecule has 6 amide bonds. The number of hydrogen-bond acceptors (Lipinski definition) is 12. The number of H-pyrrole nitrogens is 2. The maximum atomic E-state index is 14.3. The van der Waals surface area contributed by atoms with E-state index in [1.165, 1.54) is 35.3 Å². The topological polar surface area (TPSA) is 206 Å². The highest BCUT2D eigenvalue weighted by atomic mass is 35.5. The minimum Gasteiger partial charge on any atom is -0.383 e. The molecule has 15 rings (SSSR count). The minimum atomic E-state index is -1.14. The number of aromatic nitrogens is 3. The summed E-state index contributed by atoms with van der Waals surface area (Å²) < 4.78 is 9.02. The van der Waals surface area contributed by atoms with Gasteiger partial charge < -0.3 is 59.6 Å². The Kier molecular flexibility index (Phi) is 28.7. The standard InChI is InChI=1S/C31H32Cl2N4O2S.C31H31Cl2N3O3S.C30H29Cl2N3O3S/c1-20-4-11-24(12-5-20)40-31(30(39)34-14-15-36(2)3)17-28(38)37(19-21-6-8-22(32)9-7-21)29(31)26-18-35-27-16-23(33)10-13-25(26)27;1-20-4-11-24(12-5-20)40-31(30(38)34-14-15-39-3)17-28(37)36(18-21-6-8-22(32)9-7-21)29(31)26-19-35(2)27-16-23(33)10-13-25(26)27;1-19-3-10-23(11-4-19)39-30(29(37)33-13-14-38-2)16-27(36)35(18-20-5-7-21(31)8-6-20)28(30)25-17-34-26-15-22(32)9-12-24(25)26/h4-13,16,18,29,35H,14-15,17,19H2,1-3H3,(H,34,39);4-13,16,19,29H,14-15,17-18H2,1-3H3,(H,34,38);3-12,15,17,28,34H,13-14,16,18H2,1-2H3,(H,33,37). The fraction of sp³-hybridized carbons (Fsp3) is 0.283. The lowest BCUT2D eigenvalue weighted by atomic mass is 9.91. The van der Waals surface area contributed by atoms with Crippen molar-refractivity contribution in [1.29, 1.82) is 0 Å². The molecule has 12 aromatic rings. The molecule has 0 aliphatic carbocycles. The highest BCUT2D eigenvalue weighted by Gasteiger charge is 2.61. The number of nitrogens with one attached hydrogen (secondary N) is 5. The van der Waals surface area contributed by atoms with Gasteiger partial charge in [-0.05, 0) is 161 Å². The van der Waals surface area contributed by atoms with Crippen LogP contribution in [0, 0.1) is 20.8 Å². The molecule has 18 nitrogen and oxygen atoms in total. The Morgan fingerprint density at radius 1 is 0.429 bits per heavy atom. The number of methoxy groups -OCH3 is 2. The van der Waals surface area contributed by atoms with Gasteiger partial charge in [0.05, 0.1) is 50.6 Å². The molecule has 0 saturated carbocycles. The molecule has 3 fully saturated rings. The van der Waals surface area contributed by atoms with E-state index in [9.17, 15) is 28.8 Å². The molecule has 0 bridgehead atoms. The zero-order valence-corrected chi connectivity index (χ0v) is 74.0. The summed E-state index contributed by atoms with van der Waals surface area (Å²) in [5.74, 6) is -0.818. The zero-order valence-electron chi connectivity index (χ0n) is 67.0. The SMILES string of the molecule is COCCNC(=O)C1(Sc2ccc(C)cc2)CC(=O)N(Cc2ccc(Cl)cc2)C1c1c[nH]c2cc(Cl)ccc12.COCCNC(=O)C1(Sc2ccc(C)cc2)CC(=O)N(Cc2ccc(Cl)cc2)C1c1cn(C)c2cc(Cl)ccc12.Cc1ccc(SC2(C(=O)NCCN(C)C)CC(=O)N(Cc3ccc(Cl)cc3)C2c2c[nH]c3cc(Cl)ccc23)cc1. The molecule has 3 saturated heterocycles. The number of carbonyl (C=O) groups is 6. The number of hydrogen-bond donors (Lipinski definition) is 5. The van der Waals surface area contributed by atoms with Gasteiger partial charge in [0.15, 0.2) is 0 Å². The van der Waals surface area contributed by atoms with E-state index in [0.29, 0.717) is 89.2 Å². The average molecular weight is 1770 g/mol. The maximum absolute atomic E-state index is 14.3. The van der Waals surface area contributed by atoms with Gasteiger partial charge in [-0.3, -0.25) is 28.8 Å². The van der Waals surface area contributed by atoms with Gasteiger partial charge in [0.1, 0.15) is 14.2 Å². The van der Waals surface area contributed by atoms with E-state index in [1.54, 1.807) is 14.2 Å². The number of amides is 6. The number of benzene rings is 9. The minimum absolute atomic E-state index is 0.0445. The number of nitrogens with zero attached hydrogens (tertiary/aromatic N) is 5. The number of aryl methyl sites for hydroxylation is 4. The van der Waals surface area contributed by atoms with Crippen LogP contribution in [0.4, 0.5) is 0 Å². The Hall–Kier alpha value is -8.91. The van der Waals surface area contributed by atoms with Crippen LogP contribution in [0.3, 0.4) is 0 Å². The number of fused-ring (bicyclic) bond motifs is 3. The summed E-state index contributed by atoms with van der Waals surface area (Å²) in [5, 5.41) is 15.8. The normalized spacial score (nSPS) is 19.1. The summed E-state index contributed by atoms with van der Waals surface area (Å²) in [5.41, 5.74) is 11.5. The van der Waals surface area contributed by atoms with Gasteiger partial charge in [-0.15, -0.1) is 35.3 Å². The van der Waals surface area contributed by atoms with Crippen LogP contribution in [-0.4, -0.2) is 152 Å². The molecule has 618 valence electrons. The molecular formula is C92H92Cl6N10O8S3. The van der Waals surface area contributed by atoms with Gasteiger partial charge in [0.25, 0.3) is 0 Å². The number of halogens is 6. The Morgan fingerprint density at radius 2 is 0.739 bits per heavy atom. The summed E-state index contributed by atoms with van der Waals surface area (Å²) in [6, 6.07) is 62.0. The number of carbonyl (C=O) groups excluding carboxylic acids is 6. The number of ether oxygens (including phenoxy) is 2. The molecule has 6 unspecified atom stereocenters. The summed E-state index contributed by atoms with van der Waals surface area (Å²) in [7, 11) is 9.08. The number of likely N-dealkylation sites (N-methyl/N-ethyl adjacent to an activating group) is 1. The summed E-state index contributed by atoms with van der Waals surface area (Å²) in [4.78, 5) is 102. The molecule has 3 aliphatic rings. The van der Waals surface area contributed by atoms with E-state index in [2.05, 4.69) is 25.9 Å². The van der Waals surface area contributed by atoms with E-state index in [4.69, 9.17) is 79.1 Å². The van der Waals surface area contributed by atoms with Crippen LogP contribution in [0.25, 0.3) is 32.7 Å². The van der Waals surface area contributed by atoms with Gasteiger partial charge in [-0.1, -0.05) is 177 Å². The third kappa shape index (κ3) is 20.0. The summed E-state index contributed by atoms with van der Waals surface area (Å²) in [6.07, 6.45) is 5.99. The average Bonchev–Trinajstić information content (AvgIpc) is 1.58. The molecule has 6 heterocycles. The van der Waals surface area contributed by atoms with Gasteiger partial charge in [0.2, 0.25) is 35.4 Å². The van der Waals surface area contributed by atoms with E-state index in [-0.39, 0.29) is 54.7 Å². The molecular weight excluding hydrogens is 1680 g/mol. The molecule has 3 aliphatic heterocycles. The highest BCUT2D eigenvalue weighted by Crippen LogP contribution is 2.58. The second-order valence-corrected chi connectivity index (χ2v) is 37.2. The van der Waals surface area contributed by atoms with Crippen molar-refractivity contribution < 1.29 is 38.2 Å². The van der Waals surface area contributed by atoms with Crippen LogP contribution >= 0.6 is 105 Å². The van der Waals surface area contributed by atoms with Gasteiger partial charge >= 0.3 is 0 Å². The predicted octanol–water partition coefficient (Wildman–Crippen LogP) is 19.6. The monoisotopic (exact) mass is 1770 g/mol. The molecule has 0 spiro atoms. The van der Waals surface area contributed by atoms with Crippen molar-refractivity contribution in [3.63, 3.8) is 0 Å². The number of rotatable bonds is 27. The van der Waals surface area contributed by atoms with E-state index >= 15 is 0 Å². The first kappa shape index (κ1) is 87.9. The first-order valence-electron chi connectivity index (χ1n) is 38.8. The highest BCUT2D eigenvalue weighted by molar-refractivity contribution is 8.02. The third-order valence-electron chi connectivity index (χ3n) is 21.6. The molecule has 3 aromatic heterocycles. The Bertz CT molecular complexity index is 5640. The predicted molar refractivity (Wildman–Crippen MR) is 483 cm³/mol. The smallest absolute Gasteiger partial charge is 0.239 e. The van der Waals surface area contributed by atoms with Crippen LogP contribution in [0.2, 0.25) is 30.1 Å². The second-order valence-electron chi connectivity index (χ2n) is 30.4. The number of aromatic amines is 2. The molecule has 27 heteroatoms. The number of thioether (sulfide) groups is 3. The fourth-order valence-electron chi connectivity index (χ4n) is 15.8. The fourth-order valence-corrected chi connectivity index (χ4v) is 20.9. The second kappa shape index (κ2) is 38.9. The van der Waals surface area contributed by atoms with Gasteiger partial charge in [-0.2, -0.15) is 0 Å². The lowest BCUT2D eigenvalue weighted by molar-refractivity contribution is -0.130. The van der Waals surface area contributed by atoms with Crippen molar-refractivity contribution in [3.05, 3.63) is 299 Å². The Labute approximate surface area is 736 Å².